The number of para-hydroxylation sites is 1. The summed E-state index contributed by atoms with van der Waals surface area (Å²) in [4.78, 5) is 0. The summed E-state index contributed by atoms with van der Waals surface area (Å²) >= 11 is 0. The second-order valence-electron chi connectivity index (χ2n) is 6.58. The van der Waals surface area contributed by atoms with Crippen molar-refractivity contribution in [2.24, 2.45) is 0 Å². The Balaban J connectivity index is 1.49. The smallest absolute Gasteiger partial charge is 0.119 e. The maximum absolute atomic E-state index is 9.96. The first-order chi connectivity index (χ1) is 11.8. The molecule has 0 saturated heterocycles. The Bertz CT molecular complexity index is 642. The lowest BCUT2D eigenvalue weighted by molar-refractivity contribution is 0.269. The summed E-state index contributed by atoms with van der Waals surface area (Å²) in [5, 5.41) is 13.7. The normalized spacial score (nSPS) is 18.0. The lowest BCUT2D eigenvalue weighted by atomic mass is 9.87. The predicted molar refractivity (Wildman–Crippen MR) is 97.7 cm³/mol. The molecule has 0 heterocycles. The van der Waals surface area contributed by atoms with Crippen molar-refractivity contribution in [3.05, 3.63) is 59.7 Å². The van der Waals surface area contributed by atoms with Crippen molar-refractivity contribution in [2.75, 3.05) is 6.61 Å². The van der Waals surface area contributed by atoms with Gasteiger partial charge in [0, 0.05) is 12.1 Å². The topological polar surface area (TPSA) is 41.5 Å². The van der Waals surface area contributed by atoms with Gasteiger partial charge in [0.15, 0.2) is 0 Å². The van der Waals surface area contributed by atoms with Crippen LogP contribution in [-0.4, -0.2) is 23.8 Å². The van der Waals surface area contributed by atoms with Gasteiger partial charge in [-0.1, -0.05) is 37.3 Å². The van der Waals surface area contributed by atoms with Gasteiger partial charge >= 0.3 is 0 Å². The Hall–Kier alpha value is -2.00. The maximum Gasteiger partial charge on any atom is 0.119 e. The molecule has 2 aromatic carbocycles. The van der Waals surface area contributed by atoms with Crippen LogP contribution in [-0.2, 0) is 12.8 Å². The first kappa shape index (κ1) is 16.8. The molecule has 0 aliphatic heterocycles. The van der Waals surface area contributed by atoms with E-state index in [1.165, 1.54) is 5.56 Å². The molecule has 0 spiro atoms. The molecule has 0 bridgehead atoms. The maximum atomic E-state index is 9.96. The number of phenols is 1. The molecular weight excluding hydrogens is 298 g/mol. The molecule has 0 radical (unpaired) electrons. The summed E-state index contributed by atoms with van der Waals surface area (Å²) in [5.41, 5.74) is 2.42. The molecule has 0 fully saturated rings. The van der Waals surface area contributed by atoms with Crippen LogP contribution in [0.1, 0.15) is 37.3 Å². The predicted octanol–water partition coefficient (Wildman–Crippen LogP) is 4.09. The molecule has 0 aromatic heterocycles. The Labute approximate surface area is 144 Å². The molecule has 2 unspecified atom stereocenters. The number of phenolic OH excluding ortho intramolecular Hbond substituents is 1. The number of fused-ring (bicyclic) bond motifs is 1. The summed E-state index contributed by atoms with van der Waals surface area (Å²) in [6.07, 6.45) is 5.15. The fraction of sp³-hybridized carbons (Fsp3) is 0.429. The van der Waals surface area contributed by atoms with E-state index in [0.29, 0.717) is 17.8 Å². The fourth-order valence-electron chi connectivity index (χ4n) is 3.50. The summed E-state index contributed by atoms with van der Waals surface area (Å²) in [7, 11) is 0. The first-order valence-electron chi connectivity index (χ1n) is 9.00. The van der Waals surface area contributed by atoms with E-state index in [4.69, 9.17) is 4.74 Å². The molecular formula is C21H27NO2. The zero-order chi connectivity index (χ0) is 16.8. The van der Waals surface area contributed by atoms with Crippen LogP contribution in [0.25, 0.3) is 0 Å². The van der Waals surface area contributed by atoms with E-state index in [1.54, 1.807) is 6.07 Å². The van der Waals surface area contributed by atoms with Crippen LogP contribution in [0.3, 0.4) is 0 Å². The molecule has 128 valence electrons. The second-order valence-corrected chi connectivity index (χ2v) is 6.58. The summed E-state index contributed by atoms with van der Waals surface area (Å²) < 4.78 is 5.83. The van der Waals surface area contributed by atoms with Crippen LogP contribution in [0.4, 0.5) is 0 Å². The third-order valence-electron chi connectivity index (χ3n) is 4.90. The lowest BCUT2D eigenvalue weighted by Crippen LogP contribution is -2.42. The summed E-state index contributed by atoms with van der Waals surface area (Å²) in [5.74, 6) is 1.39. The zero-order valence-electron chi connectivity index (χ0n) is 14.4. The second kappa shape index (κ2) is 8.20. The van der Waals surface area contributed by atoms with Crippen LogP contribution < -0.4 is 10.1 Å². The van der Waals surface area contributed by atoms with Gasteiger partial charge in [0.1, 0.15) is 11.5 Å². The Morgan fingerprint density at radius 2 is 2.00 bits per heavy atom. The molecule has 3 heteroatoms. The van der Waals surface area contributed by atoms with Gasteiger partial charge in [0.05, 0.1) is 6.61 Å². The Kier molecular flexibility index (Phi) is 5.76. The Morgan fingerprint density at radius 3 is 2.79 bits per heavy atom. The number of aromatic hydroxyl groups is 1. The highest BCUT2D eigenvalue weighted by Gasteiger charge is 2.22. The van der Waals surface area contributed by atoms with Gasteiger partial charge in [-0.15, -0.1) is 0 Å². The Morgan fingerprint density at radius 1 is 1.17 bits per heavy atom. The largest absolute Gasteiger partial charge is 0.508 e. The van der Waals surface area contributed by atoms with E-state index < -0.39 is 0 Å². The van der Waals surface area contributed by atoms with Crippen LogP contribution in [0.5, 0.6) is 11.5 Å². The van der Waals surface area contributed by atoms with Crippen molar-refractivity contribution in [3.63, 3.8) is 0 Å². The number of rotatable bonds is 7. The van der Waals surface area contributed by atoms with E-state index in [2.05, 4.69) is 18.3 Å². The fourth-order valence-corrected chi connectivity index (χ4v) is 3.50. The average molecular weight is 325 g/mol. The number of ether oxygens (including phenoxy) is 1. The van der Waals surface area contributed by atoms with Crippen molar-refractivity contribution in [1.82, 2.24) is 5.32 Å². The monoisotopic (exact) mass is 325 g/mol. The number of hydrogen-bond acceptors (Lipinski definition) is 3. The van der Waals surface area contributed by atoms with E-state index in [-0.39, 0.29) is 0 Å². The van der Waals surface area contributed by atoms with Gasteiger partial charge in [0.2, 0.25) is 0 Å². The van der Waals surface area contributed by atoms with Crippen molar-refractivity contribution >= 4 is 0 Å². The minimum atomic E-state index is 0.453. The molecule has 1 aliphatic carbocycles. The molecule has 3 rings (SSSR count). The molecule has 0 amide bonds. The van der Waals surface area contributed by atoms with Gasteiger partial charge in [-0.3, -0.25) is 0 Å². The SMILES string of the molecule is CCC(CCOc1ccccc1)NC1CCc2c(O)cccc2C1. The van der Waals surface area contributed by atoms with Gasteiger partial charge in [-0.25, -0.2) is 0 Å². The zero-order valence-corrected chi connectivity index (χ0v) is 14.4. The third kappa shape index (κ3) is 4.30. The van der Waals surface area contributed by atoms with Gasteiger partial charge < -0.3 is 15.2 Å². The number of benzene rings is 2. The van der Waals surface area contributed by atoms with Crippen LogP contribution >= 0.6 is 0 Å². The van der Waals surface area contributed by atoms with Gasteiger partial charge in [-0.2, -0.15) is 0 Å². The first-order valence-corrected chi connectivity index (χ1v) is 9.00. The highest BCUT2D eigenvalue weighted by Crippen LogP contribution is 2.29. The molecule has 2 atom stereocenters. The van der Waals surface area contributed by atoms with Crippen molar-refractivity contribution in [1.29, 1.82) is 0 Å². The van der Waals surface area contributed by atoms with Crippen molar-refractivity contribution < 1.29 is 9.84 Å². The van der Waals surface area contributed by atoms with Crippen molar-refractivity contribution in [3.8, 4) is 11.5 Å². The molecule has 0 saturated carbocycles. The number of nitrogens with one attached hydrogen (secondary N) is 1. The summed E-state index contributed by atoms with van der Waals surface area (Å²) in [6, 6.07) is 16.8. The molecule has 2 aromatic rings. The lowest BCUT2D eigenvalue weighted by Gasteiger charge is -2.30. The minimum absolute atomic E-state index is 0.453. The van der Waals surface area contributed by atoms with E-state index >= 15 is 0 Å². The highest BCUT2D eigenvalue weighted by molar-refractivity contribution is 5.41. The van der Waals surface area contributed by atoms with Crippen LogP contribution in [0, 0.1) is 0 Å². The molecule has 1 aliphatic rings. The molecule has 2 N–H and O–H groups in total. The van der Waals surface area contributed by atoms with Crippen LogP contribution in [0.2, 0.25) is 0 Å². The minimum Gasteiger partial charge on any atom is -0.508 e. The van der Waals surface area contributed by atoms with Gasteiger partial charge in [0.25, 0.3) is 0 Å². The highest BCUT2D eigenvalue weighted by atomic mass is 16.5. The number of hydrogen-bond donors (Lipinski definition) is 2. The third-order valence-corrected chi connectivity index (χ3v) is 4.90. The molecule has 24 heavy (non-hydrogen) atoms. The van der Waals surface area contributed by atoms with E-state index in [9.17, 15) is 5.11 Å². The van der Waals surface area contributed by atoms with Crippen LogP contribution in [0.15, 0.2) is 48.5 Å². The average Bonchev–Trinajstić information content (AvgIpc) is 2.62. The van der Waals surface area contributed by atoms with E-state index in [0.717, 1.165) is 50.0 Å². The quantitative estimate of drug-likeness (QED) is 0.806. The van der Waals surface area contributed by atoms with E-state index in [1.807, 2.05) is 36.4 Å². The van der Waals surface area contributed by atoms with Gasteiger partial charge in [-0.05, 0) is 61.4 Å². The standard InChI is InChI=1S/C21H27NO2/c1-2-17(13-14-24-19-8-4-3-5-9-19)22-18-11-12-20-16(15-18)7-6-10-21(20)23/h3-10,17-18,22-23H,2,11-15H2,1H3. The molecule has 3 nitrogen and oxygen atoms in total. The van der Waals surface area contributed by atoms with Crippen molar-refractivity contribution in [2.45, 2.75) is 51.1 Å². The summed E-state index contributed by atoms with van der Waals surface area (Å²) in [6.45, 7) is 2.96.